The van der Waals surface area contributed by atoms with Crippen molar-refractivity contribution in [2.45, 2.75) is 25.9 Å². The van der Waals surface area contributed by atoms with Crippen molar-refractivity contribution in [3.8, 4) is 0 Å². The number of hydrogen-bond donors (Lipinski definition) is 2. The predicted octanol–water partition coefficient (Wildman–Crippen LogP) is 2.96. The van der Waals surface area contributed by atoms with E-state index in [2.05, 4.69) is 28.2 Å². The van der Waals surface area contributed by atoms with Gasteiger partial charge in [-0.15, -0.1) is 0 Å². The first kappa shape index (κ1) is 13.0. The van der Waals surface area contributed by atoms with Crippen molar-refractivity contribution in [3.05, 3.63) is 33.3 Å². The smallest absolute Gasteiger partial charge is 0.0551 e. The molecular formula is C11H15BrClNO. The fraction of sp³-hybridized carbons (Fsp3) is 0.455. The fourth-order valence-electron chi connectivity index (χ4n) is 1.24. The predicted molar refractivity (Wildman–Crippen MR) is 67.2 cm³/mol. The largest absolute Gasteiger partial charge is 0.396 e. The third kappa shape index (κ3) is 4.51. The summed E-state index contributed by atoms with van der Waals surface area (Å²) in [4.78, 5) is 0. The van der Waals surface area contributed by atoms with Crippen LogP contribution in [-0.4, -0.2) is 17.8 Å². The van der Waals surface area contributed by atoms with Gasteiger partial charge in [-0.3, -0.25) is 0 Å². The van der Waals surface area contributed by atoms with Crippen molar-refractivity contribution in [1.82, 2.24) is 5.32 Å². The molecule has 0 aliphatic rings. The summed E-state index contributed by atoms with van der Waals surface area (Å²) in [5.41, 5.74) is 1.15. The summed E-state index contributed by atoms with van der Waals surface area (Å²) in [5.74, 6) is 0. The molecule has 84 valence electrons. The molecule has 15 heavy (non-hydrogen) atoms. The molecule has 2 nitrogen and oxygen atoms in total. The normalized spacial score (nSPS) is 12.8. The summed E-state index contributed by atoms with van der Waals surface area (Å²) in [6.45, 7) is 3.04. The molecule has 1 rings (SSSR count). The first-order valence-corrected chi connectivity index (χ1v) is 6.08. The van der Waals surface area contributed by atoms with Crippen LogP contribution in [0.4, 0.5) is 0 Å². The highest BCUT2D eigenvalue weighted by Crippen LogP contribution is 2.23. The van der Waals surface area contributed by atoms with Gasteiger partial charge in [-0.25, -0.2) is 0 Å². The number of rotatable bonds is 5. The third-order valence-corrected chi connectivity index (χ3v) is 3.43. The fourth-order valence-corrected chi connectivity index (χ4v) is 1.69. The van der Waals surface area contributed by atoms with Crippen molar-refractivity contribution in [1.29, 1.82) is 0 Å². The Morgan fingerprint density at radius 2 is 2.27 bits per heavy atom. The molecule has 1 unspecified atom stereocenters. The van der Waals surface area contributed by atoms with Crippen LogP contribution in [0.15, 0.2) is 22.7 Å². The number of halogens is 2. The van der Waals surface area contributed by atoms with Gasteiger partial charge < -0.3 is 10.4 Å². The van der Waals surface area contributed by atoms with Gasteiger partial charge >= 0.3 is 0 Å². The zero-order valence-electron chi connectivity index (χ0n) is 8.63. The van der Waals surface area contributed by atoms with Crippen LogP contribution in [-0.2, 0) is 6.54 Å². The average molecular weight is 293 g/mol. The van der Waals surface area contributed by atoms with Gasteiger partial charge in [0.25, 0.3) is 0 Å². The maximum atomic E-state index is 8.75. The standard InChI is InChI=1S/C11H15BrClNO/c1-8(4-5-15)14-7-9-2-3-10(12)11(13)6-9/h2-3,6,8,14-15H,4-5,7H2,1H3. The Balaban J connectivity index is 2.47. The van der Waals surface area contributed by atoms with Crippen molar-refractivity contribution < 1.29 is 5.11 Å². The second-order valence-electron chi connectivity index (χ2n) is 3.54. The van der Waals surface area contributed by atoms with Gasteiger partial charge in [0.15, 0.2) is 0 Å². The van der Waals surface area contributed by atoms with Crippen LogP contribution in [0.5, 0.6) is 0 Å². The van der Waals surface area contributed by atoms with Crippen LogP contribution in [0.1, 0.15) is 18.9 Å². The average Bonchev–Trinajstić information content (AvgIpc) is 2.20. The van der Waals surface area contributed by atoms with E-state index < -0.39 is 0 Å². The van der Waals surface area contributed by atoms with Gasteiger partial charge in [-0.2, -0.15) is 0 Å². The Hall–Kier alpha value is -0.0900. The highest BCUT2D eigenvalue weighted by Gasteiger charge is 2.02. The molecule has 0 aliphatic heterocycles. The van der Waals surface area contributed by atoms with E-state index in [4.69, 9.17) is 16.7 Å². The van der Waals surface area contributed by atoms with Gasteiger partial charge in [0, 0.05) is 23.7 Å². The van der Waals surface area contributed by atoms with E-state index in [-0.39, 0.29) is 6.61 Å². The lowest BCUT2D eigenvalue weighted by Crippen LogP contribution is -2.26. The van der Waals surface area contributed by atoms with Gasteiger partial charge in [0.1, 0.15) is 0 Å². The summed E-state index contributed by atoms with van der Waals surface area (Å²) in [6.07, 6.45) is 0.768. The zero-order chi connectivity index (χ0) is 11.3. The summed E-state index contributed by atoms with van der Waals surface area (Å²) in [6, 6.07) is 6.21. The van der Waals surface area contributed by atoms with Crippen LogP contribution in [0, 0.1) is 0 Å². The SMILES string of the molecule is CC(CCO)NCc1ccc(Br)c(Cl)c1. The van der Waals surface area contributed by atoms with Gasteiger partial charge in [-0.1, -0.05) is 17.7 Å². The van der Waals surface area contributed by atoms with Gasteiger partial charge in [0.05, 0.1) is 5.02 Å². The number of nitrogens with one attached hydrogen (secondary N) is 1. The second-order valence-corrected chi connectivity index (χ2v) is 4.80. The Labute approximate surface area is 104 Å². The Bertz CT molecular complexity index is 319. The molecule has 4 heteroatoms. The molecule has 0 saturated carbocycles. The summed E-state index contributed by atoms with van der Waals surface area (Å²) in [7, 11) is 0. The molecule has 0 heterocycles. The van der Waals surface area contributed by atoms with E-state index in [0.717, 1.165) is 28.0 Å². The van der Waals surface area contributed by atoms with E-state index in [1.807, 2.05) is 18.2 Å². The van der Waals surface area contributed by atoms with E-state index in [0.29, 0.717) is 6.04 Å². The molecule has 0 spiro atoms. The van der Waals surface area contributed by atoms with Crippen LogP contribution in [0.3, 0.4) is 0 Å². The molecule has 0 saturated heterocycles. The van der Waals surface area contributed by atoms with Crippen molar-refractivity contribution >= 4 is 27.5 Å². The first-order valence-electron chi connectivity index (χ1n) is 4.91. The maximum Gasteiger partial charge on any atom is 0.0551 e. The van der Waals surface area contributed by atoms with E-state index in [1.165, 1.54) is 0 Å². The van der Waals surface area contributed by atoms with E-state index >= 15 is 0 Å². The van der Waals surface area contributed by atoms with Crippen LogP contribution in [0.2, 0.25) is 5.02 Å². The molecule has 2 N–H and O–H groups in total. The molecule has 1 aromatic carbocycles. The minimum atomic E-state index is 0.218. The molecule has 0 aromatic heterocycles. The highest BCUT2D eigenvalue weighted by atomic mass is 79.9. The molecule has 0 amide bonds. The minimum Gasteiger partial charge on any atom is -0.396 e. The van der Waals surface area contributed by atoms with Crippen molar-refractivity contribution in [2.24, 2.45) is 0 Å². The lowest BCUT2D eigenvalue weighted by molar-refractivity contribution is 0.268. The summed E-state index contributed by atoms with van der Waals surface area (Å²) >= 11 is 9.32. The minimum absolute atomic E-state index is 0.218. The maximum absolute atomic E-state index is 8.75. The quantitative estimate of drug-likeness (QED) is 0.874. The van der Waals surface area contributed by atoms with E-state index in [9.17, 15) is 0 Å². The molecule has 0 aliphatic carbocycles. The number of benzene rings is 1. The lowest BCUT2D eigenvalue weighted by Gasteiger charge is -2.12. The highest BCUT2D eigenvalue weighted by molar-refractivity contribution is 9.10. The first-order chi connectivity index (χ1) is 7.13. The molecule has 1 atom stereocenters. The topological polar surface area (TPSA) is 32.3 Å². The van der Waals surface area contributed by atoms with E-state index in [1.54, 1.807) is 0 Å². The molecule has 1 aromatic rings. The summed E-state index contributed by atoms with van der Waals surface area (Å²) < 4.78 is 0.913. The molecular weight excluding hydrogens is 277 g/mol. The van der Waals surface area contributed by atoms with Gasteiger partial charge in [0.2, 0.25) is 0 Å². The number of hydrogen-bond acceptors (Lipinski definition) is 2. The Morgan fingerprint density at radius 3 is 2.87 bits per heavy atom. The van der Waals surface area contributed by atoms with Crippen LogP contribution < -0.4 is 5.32 Å². The van der Waals surface area contributed by atoms with Crippen LogP contribution in [0.25, 0.3) is 0 Å². The number of aliphatic hydroxyl groups excluding tert-OH is 1. The van der Waals surface area contributed by atoms with Crippen LogP contribution >= 0.6 is 27.5 Å². The Kier molecular flexibility index (Phi) is 5.61. The summed E-state index contributed by atoms with van der Waals surface area (Å²) in [5, 5.41) is 12.8. The lowest BCUT2D eigenvalue weighted by atomic mass is 10.2. The zero-order valence-corrected chi connectivity index (χ0v) is 11.0. The molecule has 0 bridgehead atoms. The second kappa shape index (κ2) is 6.48. The molecule has 0 radical (unpaired) electrons. The number of aliphatic hydroxyl groups is 1. The molecule has 0 fully saturated rings. The third-order valence-electron chi connectivity index (χ3n) is 2.20. The Morgan fingerprint density at radius 1 is 1.53 bits per heavy atom. The van der Waals surface area contributed by atoms with Crippen molar-refractivity contribution in [3.63, 3.8) is 0 Å². The van der Waals surface area contributed by atoms with Gasteiger partial charge in [-0.05, 0) is 47.0 Å². The monoisotopic (exact) mass is 291 g/mol. The van der Waals surface area contributed by atoms with Crippen molar-refractivity contribution in [2.75, 3.05) is 6.61 Å².